The number of cyclic esters (lactones) is 1. The van der Waals surface area contributed by atoms with Crippen molar-refractivity contribution in [3.8, 4) is 0 Å². The summed E-state index contributed by atoms with van der Waals surface area (Å²) in [6.45, 7) is 7.16. The van der Waals surface area contributed by atoms with Crippen molar-refractivity contribution in [3.63, 3.8) is 0 Å². The van der Waals surface area contributed by atoms with E-state index < -0.39 is 36.2 Å². The van der Waals surface area contributed by atoms with E-state index >= 15 is 0 Å². The number of aliphatic hydroxyl groups excluding tert-OH is 2. The second kappa shape index (κ2) is 9.91. The van der Waals surface area contributed by atoms with E-state index in [1.807, 2.05) is 25.9 Å². The summed E-state index contributed by atoms with van der Waals surface area (Å²) >= 11 is 0. The zero-order valence-corrected chi connectivity index (χ0v) is 24.6. The maximum Gasteiger partial charge on any atom is 0.306 e. The van der Waals surface area contributed by atoms with Crippen molar-refractivity contribution in [2.75, 3.05) is 20.7 Å². The molecule has 3 N–H and O–H groups in total. The molecule has 0 aromatic rings. The second-order valence-corrected chi connectivity index (χ2v) is 14.8. The molecular weight excluding hydrogens is 498 g/mol. The van der Waals surface area contributed by atoms with Gasteiger partial charge in [0.2, 0.25) is 0 Å². The molecular formula is C31H51NO7. The Labute approximate surface area is 233 Å². The lowest BCUT2D eigenvalue weighted by molar-refractivity contribution is -0.300. The lowest BCUT2D eigenvalue weighted by Gasteiger charge is -2.64. The van der Waals surface area contributed by atoms with Gasteiger partial charge in [-0.3, -0.25) is 4.79 Å². The zero-order valence-electron chi connectivity index (χ0n) is 24.6. The van der Waals surface area contributed by atoms with E-state index in [1.54, 1.807) is 0 Å². The molecule has 2 saturated heterocycles. The highest BCUT2D eigenvalue weighted by molar-refractivity contribution is 5.71. The molecule has 6 aliphatic rings. The molecule has 8 nitrogen and oxygen atoms in total. The molecule has 0 bridgehead atoms. The minimum atomic E-state index is -0.906. The summed E-state index contributed by atoms with van der Waals surface area (Å²) in [5.74, 6) is 1.87. The predicted octanol–water partition coefficient (Wildman–Crippen LogP) is 3.11. The van der Waals surface area contributed by atoms with Gasteiger partial charge in [-0.05, 0) is 113 Å². The van der Waals surface area contributed by atoms with Crippen LogP contribution in [0.25, 0.3) is 0 Å². The van der Waals surface area contributed by atoms with Crippen molar-refractivity contribution in [1.82, 2.24) is 4.90 Å². The summed E-state index contributed by atoms with van der Waals surface area (Å²) in [6, 6.07) is -0.426. The van der Waals surface area contributed by atoms with Gasteiger partial charge < -0.3 is 34.4 Å². The van der Waals surface area contributed by atoms with Crippen molar-refractivity contribution in [2.24, 2.45) is 40.4 Å². The molecule has 4 aliphatic carbocycles. The molecule has 0 spiro atoms. The van der Waals surface area contributed by atoms with Gasteiger partial charge in [0.1, 0.15) is 6.10 Å². The lowest BCUT2D eigenvalue weighted by atomic mass is 9.43. The third kappa shape index (κ3) is 4.25. The van der Waals surface area contributed by atoms with Gasteiger partial charge in [0.05, 0.1) is 43.0 Å². The van der Waals surface area contributed by atoms with Gasteiger partial charge >= 0.3 is 5.97 Å². The largest absolute Gasteiger partial charge is 0.465 e. The van der Waals surface area contributed by atoms with Gasteiger partial charge in [-0.2, -0.15) is 0 Å². The number of nitrogens with zero attached hydrogens (tertiary/aromatic N) is 1. The van der Waals surface area contributed by atoms with Crippen LogP contribution >= 0.6 is 0 Å². The Hall–Kier alpha value is -0.770. The van der Waals surface area contributed by atoms with Gasteiger partial charge in [-0.1, -0.05) is 13.8 Å². The summed E-state index contributed by atoms with van der Waals surface area (Å²) in [5.41, 5.74) is -0.632. The fourth-order valence-electron chi connectivity index (χ4n) is 10.8. The predicted molar refractivity (Wildman–Crippen MR) is 144 cm³/mol. The van der Waals surface area contributed by atoms with Gasteiger partial charge in [0.15, 0.2) is 6.29 Å². The Morgan fingerprint density at radius 3 is 2.38 bits per heavy atom. The van der Waals surface area contributed by atoms with Gasteiger partial charge in [0, 0.05) is 5.92 Å². The lowest BCUT2D eigenvalue weighted by Crippen LogP contribution is -2.63. The summed E-state index contributed by atoms with van der Waals surface area (Å²) in [7, 11) is 3.74. The Morgan fingerprint density at radius 1 is 0.949 bits per heavy atom. The number of rotatable bonds is 4. The minimum Gasteiger partial charge on any atom is -0.465 e. The van der Waals surface area contributed by atoms with E-state index in [-0.39, 0.29) is 28.8 Å². The van der Waals surface area contributed by atoms with Crippen LogP contribution in [-0.4, -0.2) is 89.2 Å². The standard InChI is InChI=1S/C31H51NO7/c1-17-26(34)25(32(4)5)27(35)28(38-17)39-20-8-11-29(2)19(15-20)6-7-23-22(29)9-12-30(3)21(10-13-31(23,30)36)18-14-24(33)37-16-18/h17-23,25-28,34-36H,6-16H2,1-5H3/t17-,18+,19-,20+,21-,22+,23-,25-,26-,27+,28-,29+,30-,31+/m1/s1. The fourth-order valence-corrected chi connectivity index (χ4v) is 10.8. The highest BCUT2D eigenvalue weighted by Gasteiger charge is 2.68. The van der Waals surface area contributed by atoms with Gasteiger partial charge in [-0.15, -0.1) is 0 Å². The maximum atomic E-state index is 12.5. The normalized spacial score (nSPS) is 55.6. The van der Waals surface area contributed by atoms with Gasteiger partial charge in [-0.25, -0.2) is 0 Å². The SMILES string of the molecule is C[C@H]1O[C@H](O[C@H]2CC[C@@]3(C)[C@H](CC[C@@H]4[C@@H]3CC[C@]3(C)[C@@H]([C@@H]5COC(=O)C5)CC[C@]43O)C2)[C@@H](O)[C@H](N(C)C)[C@@H]1O. The molecule has 0 aromatic carbocycles. The molecule has 4 saturated carbocycles. The Balaban J connectivity index is 1.14. The Morgan fingerprint density at radius 2 is 1.69 bits per heavy atom. The topological polar surface area (TPSA) is 109 Å². The number of likely N-dealkylation sites (N-methyl/N-ethyl adjacent to an activating group) is 1. The van der Waals surface area contributed by atoms with E-state index in [4.69, 9.17) is 14.2 Å². The van der Waals surface area contributed by atoms with Crippen LogP contribution < -0.4 is 0 Å². The third-order valence-electron chi connectivity index (χ3n) is 13.1. The highest BCUT2D eigenvalue weighted by atomic mass is 16.7. The molecule has 2 aliphatic heterocycles. The molecule has 222 valence electrons. The second-order valence-electron chi connectivity index (χ2n) is 14.8. The molecule has 0 amide bonds. The maximum absolute atomic E-state index is 12.5. The number of hydrogen-bond acceptors (Lipinski definition) is 8. The number of aliphatic hydroxyl groups is 3. The van der Waals surface area contributed by atoms with E-state index in [0.717, 1.165) is 57.8 Å². The highest BCUT2D eigenvalue weighted by Crippen LogP contribution is 2.70. The number of ether oxygens (including phenoxy) is 3. The molecule has 39 heavy (non-hydrogen) atoms. The molecule has 14 atom stereocenters. The minimum absolute atomic E-state index is 0.0252. The molecule has 0 radical (unpaired) electrons. The molecule has 6 rings (SSSR count). The van der Waals surface area contributed by atoms with E-state index in [2.05, 4.69) is 13.8 Å². The number of carbonyl (C=O) groups is 1. The molecule has 6 fully saturated rings. The van der Waals surface area contributed by atoms with Crippen molar-refractivity contribution in [3.05, 3.63) is 0 Å². The molecule has 0 aromatic heterocycles. The van der Waals surface area contributed by atoms with E-state index in [1.165, 1.54) is 0 Å². The Bertz CT molecular complexity index is 946. The third-order valence-corrected chi connectivity index (χ3v) is 13.1. The first-order chi connectivity index (χ1) is 18.4. The number of carbonyl (C=O) groups excluding carboxylic acids is 1. The number of esters is 1. The first-order valence-corrected chi connectivity index (χ1v) is 15.6. The van der Waals surface area contributed by atoms with Crippen molar-refractivity contribution in [1.29, 1.82) is 0 Å². The molecule has 8 heteroatoms. The summed E-state index contributed by atoms with van der Waals surface area (Å²) in [6.07, 6.45) is 6.81. The summed E-state index contributed by atoms with van der Waals surface area (Å²) in [4.78, 5) is 13.8. The monoisotopic (exact) mass is 549 g/mol. The fraction of sp³-hybridized carbons (Fsp3) is 0.968. The van der Waals surface area contributed by atoms with Crippen molar-refractivity contribution < 1.29 is 34.3 Å². The Kier molecular flexibility index (Phi) is 7.20. The van der Waals surface area contributed by atoms with Crippen LogP contribution in [0.4, 0.5) is 0 Å². The summed E-state index contributed by atoms with van der Waals surface area (Å²) in [5, 5.41) is 34.0. The number of hydrogen-bond donors (Lipinski definition) is 3. The van der Waals surface area contributed by atoms with Crippen LogP contribution in [0, 0.1) is 40.4 Å². The van der Waals surface area contributed by atoms with Crippen LogP contribution in [0.3, 0.4) is 0 Å². The van der Waals surface area contributed by atoms with Crippen molar-refractivity contribution in [2.45, 2.75) is 127 Å². The van der Waals surface area contributed by atoms with E-state index in [0.29, 0.717) is 36.7 Å². The smallest absolute Gasteiger partial charge is 0.306 e. The average Bonchev–Trinajstić information content (AvgIpc) is 3.42. The van der Waals surface area contributed by atoms with Crippen LogP contribution in [0.15, 0.2) is 0 Å². The van der Waals surface area contributed by atoms with Crippen LogP contribution in [0.2, 0.25) is 0 Å². The quantitative estimate of drug-likeness (QED) is 0.363. The first kappa shape index (κ1) is 28.4. The van der Waals surface area contributed by atoms with Gasteiger partial charge in [0.25, 0.3) is 0 Å². The first-order valence-electron chi connectivity index (χ1n) is 15.6. The van der Waals surface area contributed by atoms with Crippen LogP contribution in [0.5, 0.6) is 0 Å². The number of fused-ring (bicyclic) bond motifs is 5. The average molecular weight is 550 g/mol. The molecule has 0 unspecified atom stereocenters. The molecule has 2 heterocycles. The zero-order chi connectivity index (χ0) is 27.9. The summed E-state index contributed by atoms with van der Waals surface area (Å²) < 4.78 is 17.8. The van der Waals surface area contributed by atoms with E-state index in [9.17, 15) is 20.1 Å². The van der Waals surface area contributed by atoms with Crippen molar-refractivity contribution >= 4 is 5.97 Å². The van der Waals surface area contributed by atoms with Crippen LogP contribution in [0.1, 0.15) is 85.0 Å². The van der Waals surface area contributed by atoms with Crippen LogP contribution in [-0.2, 0) is 19.0 Å².